The predicted molar refractivity (Wildman–Crippen MR) is 127 cm³/mol. The van der Waals surface area contributed by atoms with E-state index in [1.54, 1.807) is 30.3 Å². The van der Waals surface area contributed by atoms with Crippen molar-refractivity contribution in [1.29, 1.82) is 0 Å². The Bertz CT molecular complexity index is 1360. The molecule has 2 heterocycles. The third kappa shape index (κ3) is 6.88. The van der Waals surface area contributed by atoms with Gasteiger partial charge in [0, 0.05) is 31.1 Å². The van der Waals surface area contributed by atoms with Crippen LogP contribution in [0, 0.1) is 11.6 Å². The number of hydrogen-bond donors (Lipinski definition) is 1. The molecule has 1 aliphatic rings. The molecule has 1 N–H and O–H groups in total. The Morgan fingerprint density at radius 1 is 1.05 bits per heavy atom. The van der Waals surface area contributed by atoms with Crippen LogP contribution in [0.1, 0.15) is 17.9 Å². The highest BCUT2D eigenvalue weighted by Gasteiger charge is 2.38. The first kappa shape index (κ1) is 27.1. The van der Waals surface area contributed by atoms with Crippen LogP contribution in [-0.4, -0.2) is 50.2 Å². The summed E-state index contributed by atoms with van der Waals surface area (Å²) in [6.07, 6.45) is -5.06. The van der Waals surface area contributed by atoms with Crippen LogP contribution in [0.3, 0.4) is 0 Å². The number of halogens is 6. The molecule has 0 spiro atoms. The Kier molecular flexibility index (Phi) is 7.91. The first-order chi connectivity index (χ1) is 17.4. The summed E-state index contributed by atoms with van der Waals surface area (Å²) in [5.41, 5.74) is 0.678. The molecule has 2 atom stereocenters. The highest BCUT2D eigenvalue weighted by atomic mass is 35.5. The monoisotopic (exact) mass is 561 g/mol. The van der Waals surface area contributed by atoms with E-state index < -0.39 is 57.0 Å². The maximum atomic E-state index is 15.0. The van der Waals surface area contributed by atoms with Crippen LogP contribution in [0.25, 0.3) is 0 Å². The lowest BCUT2D eigenvalue weighted by atomic mass is 9.87. The molecule has 0 bridgehead atoms. The molecule has 6 nitrogen and oxygen atoms in total. The summed E-state index contributed by atoms with van der Waals surface area (Å²) < 4.78 is 102. The minimum atomic E-state index is -4.57. The molecule has 13 heteroatoms. The van der Waals surface area contributed by atoms with Gasteiger partial charge in [0.25, 0.3) is 10.0 Å². The highest BCUT2D eigenvalue weighted by Crippen LogP contribution is 2.34. The van der Waals surface area contributed by atoms with Gasteiger partial charge in [0.15, 0.2) is 11.6 Å². The first-order valence-corrected chi connectivity index (χ1v) is 12.9. The van der Waals surface area contributed by atoms with Crippen molar-refractivity contribution >= 4 is 27.4 Å². The zero-order valence-corrected chi connectivity index (χ0v) is 20.6. The molecule has 0 aliphatic carbocycles. The predicted octanol–water partition coefficient (Wildman–Crippen LogP) is 5.61. The van der Waals surface area contributed by atoms with Gasteiger partial charge in [0.05, 0.1) is 6.54 Å². The normalized spacial score (nSPS) is 19.0. The van der Waals surface area contributed by atoms with Gasteiger partial charge in [0.1, 0.15) is 27.8 Å². The van der Waals surface area contributed by atoms with Gasteiger partial charge in [0.2, 0.25) is 0 Å². The van der Waals surface area contributed by atoms with E-state index >= 15 is 0 Å². The van der Waals surface area contributed by atoms with Crippen LogP contribution < -0.4 is 9.46 Å². The molecule has 0 unspecified atom stereocenters. The van der Waals surface area contributed by atoms with Crippen molar-refractivity contribution in [3.63, 3.8) is 0 Å². The number of alkyl halides is 3. The van der Waals surface area contributed by atoms with Crippen molar-refractivity contribution in [2.75, 3.05) is 24.4 Å². The second-order valence-corrected chi connectivity index (χ2v) is 10.5. The van der Waals surface area contributed by atoms with E-state index in [9.17, 15) is 30.4 Å². The summed E-state index contributed by atoms with van der Waals surface area (Å²) in [5.74, 6) is -3.74. The molecular weight excluding hydrogens is 541 g/mol. The van der Waals surface area contributed by atoms with Crippen LogP contribution in [0.4, 0.5) is 27.8 Å². The topological polar surface area (TPSA) is 71.5 Å². The number of ether oxygens (including phenoxy) is 1. The maximum Gasteiger partial charge on any atom is 0.401 e. The first-order valence-electron chi connectivity index (χ1n) is 11.1. The molecule has 0 radical (unpaired) electrons. The fraction of sp³-hybridized carbons (Fsp3) is 0.292. The van der Waals surface area contributed by atoms with Gasteiger partial charge >= 0.3 is 6.18 Å². The van der Waals surface area contributed by atoms with E-state index in [2.05, 4.69) is 4.98 Å². The lowest BCUT2D eigenvalue weighted by Gasteiger charge is -2.39. The molecular formula is C24H21ClF5N3O3S. The van der Waals surface area contributed by atoms with Crippen LogP contribution in [0.2, 0.25) is 5.15 Å². The molecule has 1 saturated heterocycles. The average molecular weight is 562 g/mol. The number of hydrogen-bond acceptors (Lipinski definition) is 5. The zero-order chi connectivity index (χ0) is 26.8. The number of sulfonamides is 1. The van der Waals surface area contributed by atoms with Gasteiger partial charge in [-0.3, -0.25) is 9.62 Å². The molecule has 1 aromatic heterocycles. The minimum absolute atomic E-state index is 0.00940. The molecule has 3 aromatic rings. The molecule has 198 valence electrons. The fourth-order valence-electron chi connectivity index (χ4n) is 4.18. The molecule has 0 amide bonds. The Morgan fingerprint density at radius 2 is 1.78 bits per heavy atom. The van der Waals surface area contributed by atoms with E-state index in [0.29, 0.717) is 17.7 Å². The summed E-state index contributed by atoms with van der Waals surface area (Å²) in [4.78, 5) is 4.02. The van der Waals surface area contributed by atoms with Gasteiger partial charge in [-0.25, -0.2) is 22.2 Å². The zero-order valence-electron chi connectivity index (χ0n) is 19.1. The number of nitrogens with zero attached hydrogens (tertiary/aromatic N) is 2. The Hall–Kier alpha value is -2.96. The van der Waals surface area contributed by atoms with Gasteiger partial charge in [-0.1, -0.05) is 48.0 Å². The number of anilines is 1. The van der Waals surface area contributed by atoms with Gasteiger partial charge in [-0.2, -0.15) is 13.2 Å². The van der Waals surface area contributed by atoms with Crippen molar-refractivity contribution in [2.45, 2.75) is 29.5 Å². The number of pyridine rings is 1. The SMILES string of the molecule is O=S(=O)(Nc1cccc(Cl)n1)c1cc(F)c(O[C@H]2CCN(CC(F)(F)F)C[C@@H]2c2ccccc2)cc1F. The summed E-state index contributed by atoms with van der Waals surface area (Å²) in [6.45, 7) is -1.09. The van der Waals surface area contributed by atoms with Gasteiger partial charge in [-0.15, -0.1) is 0 Å². The third-order valence-electron chi connectivity index (χ3n) is 5.77. The second-order valence-electron chi connectivity index (χ2n) is 8.48. The Morgan fingerprint density at radius 3 is 2.46 bits per heavy atom. The lowest BCUT2D eigenvalue weighted by Crippen LogP contribution is -2.47. The van der Waals surface area contributed by atoms with Crippen LogP contribution in [0.5, 0.6) is 5.75 Å². The van der Waals surface area contributed by atoms with E-state index in [1.165, 1.54) is 23.1 Å². The quantitative estimate of drug-likeness (QED) is 0.300. The van der Waals surface area contributed by atoms with Crippen molar-refractivity contribution in [3.05, 3.63) is 83.0 Å². The van der Waals surface area contributed by atoms with E-state index in [0.717, 1.165) is 0 Å². The van der Waals surface area contributed by atoms with Gasteiger partial charge in [-0.05, 0) is 24.1 Å². The van der Waals surface area contributed by atoms with Crippen molar-refractivity contribution in [2.24, 2.45) is 0 Å². The standard InChI is InChI=1S/C24H21ClF5N3O3S/c25-22-7-4-8-23(31-22)32-37(34,35)21-12-17(26)20(11-18(21)27)36-19-9-10-33(14-24(28,29)30)13-16(19)15-5-2-1-3-6-15/h1-8,11-12,16,19H,9-10,13-14H2,(H,31,32)/t16-,19+/m1/s1. The van der Waals surface area contributed by atoms with Crippen LogP contribution in [-0.2, 0) is 10.0 Å². The number of aromatic nitrogens is 1. The lowest BCUT2D eigenvalue weighted by molar-refractivity contribution is -0.150. The van der Waals surface area contributed by atoms with E-state index in [4.69, 9.17) is 16.3 Å². The second kappa shape index (κ2) is 10.8. The molecule has 0 saturated carbocycles. The highest BCUT2D eigenvalue weighted by molar-refractivity contribution is 7.92. The maximum absolute atomic E-state index is 15.0. The largest absolute Gasteiger partial charge is 0.487 e. The fourth-order valence-corrected chi connectivity index (χ4v) is 5.42. The summed E-state index contributed by atoms with van der Waals surface area (Å²) >= 11 is 5.73. The van der Waals surface area contributed by atoms with Crippen molar-refractivity contribution < 1.29 is 35.1 Å². The van der Waals surface area contributed by atoms with Crippen LogP contribution >= 0.6 is 11.6 Å². The summed E-state index contributed by atoms with van der Waals surface area (Å²) in [7, 11) is -4.57. The molecule has 2 aromatic carbocycles. The Labute approximate surface area is 215 Å². The molecule has 1 fully saturated rings. The molecule has 37 heavy (non-hydrogen) atoms. The third-order valence-corrected chi connectivity index (χ3v) is 7.35. The van der Waals surface area contributed by atoms with Gasteiger partial charge < -0.3 is 4.74 Å². The van der Waals surface area contributed by atoms with E-state index in [-0.39, 0.29) is 30.5 Å². The average Bonchev–Trinajstić information content (AvgIpc) is 2.81. The summed E-state index contributed by atoms with van der Waals surface area (Å²) in [5, 5.41) is -0.00940. The smallest absolute Gasteiger partial charge is 0.401 e. The number of piperidine rings is 1. The van der Waals surface area contributed by atoms with E-state index in [1.807, 2.05) is 4.72 Å². The number of likely N-dealkylation sites (tertiary alicyclic amines) is 1. The number of rotatable bonds is 7. The van der Waals surface area contributed by atoms with Crippen LogP contribution in [0.15, 0.2) is 65.6 Å². The number of nitrogens with one attached hydrogen (secondary N) is 1. The Balaban J connectivity index is 1.57. The number of benzene rings is 2. The molecule has 1 aliphatic heterocycles. The molecule has 4 rings (SSSR count). The minimum Gasteiger partial charge on any atom is -0.487 e. The van der Waals surface area contributed by atoms with Crippen molar-refractivity contribution in [1.82, 2.24) is 9.88 Å². The summed E-state index contributed by atoms with van der Waals surface area (Å²) in [6, 6.07) is 13.8. The van der Waals surface area contributed by atoms with Crippen molar-refractivity contribution in [3.8, 4) is 5.75 Å².